The van der Waals surface area contributed by atoms with E-state index in [9.17, 15) is 14.7 Å². The van der Waals surface area contributed by atoms with Crippen molar-refractivity contribution in [3.05, 3.63) is 0 Å². The number of hydrogen-bond donors (Lipinski definition) is 1. The summed E-state index contributed by atoms with van der Waals surface area (Å²) in [7, 11) is 1.58. The number of carbonyl (C=O) groups excluding carboxylic acids is 1. The maximum atomic E-state index is 12.5. The van der Waals surface area contributed by atoms with Gasteiger partial charge in [-0.05, 0) is 37.0 Å². The lowest BCUT2D eigenvalue weighted by molar-refractivity contribution is -0.148. The second-order valence-electron chi connectivity index (χ2n) is 6.63. The fraction of sp³-hybridized carbons (Fsp3) is 0.867. The maximum Gasteiger partial charge on any atom is 0.326 e. The Morgan fingerprint density at radius 1 is 1.25 bits per heavy atom. The number of fused-ring (bicyclic) bond motifs is 2. The predicted octanol–water partition coefficient (Wildman–Crippen LogP) is 1.51. The van der Waals surface area contributed by atoms with Crippen LogP contribution in [0, 0.1) is 17.8 Å². The van der Waals surface area contributed by atoms with Crippen molar-refractivity contribution in [2.45, 2.75) is 50.7 Å². The number of likely N-dealkylation sites (tertiary alicyclic amines) is 1. The molecule has 1 aliphatic heterocycles. The molecule has 0 aromatic rings. The Balaban J connectivity index is 1.62. The number of aliphatic carboxylic acids is 1. The van der Waals surface area contributed by atoms with Crippen molar-refractivity contribution >= 4 is 11.9 Å². The minimum atomic E-state index is -0.911. The third-order valence-corrected chi connectivity index (χ3v) is 5.52. The van der Waals surface area contributed by atoms with Crippen LogP contribution in [0.25, 0.3) is 0 Å². The minimum Gasteiger partial charge on any atom is -0.480 e. The van der Waals surface area contributed by atoms with Crippen LogP contribution in [-0.4, -0.2) is 47.7 Å². The molecule has 5 heteroatoms. The van der Waals surface area contributed by atoms with E-state index in [4.69, 9.17) is 4.74 Å². The number of hydrogen-bond acceptors (Lipinski definition) is 3. The first kappa shape index (κ1) is 13.9. The molecule has 0 aromatic carbocycles. The van der Waals surface area contributed by atoms with E-state index in [1.54, 1.807) is 7.11 Å². The number of methoxy groups -OCH3 is 1. The van der Waals surface area contributed by atoms with E-state index in [-0.39, 0.29) is 12.0 Å². The molecule has 0 radical (unpaired) electrons. The number of carboxylic acid groups (broad SMARTS) is 1. The van der Waals surface area contributed by atoms with Gasteiger partial charge in [-0.2, -0.15) is 0 Å². The molecule has 112 valence electrons. The highest BCUT2D eigenvalue weighted by Gasteiger charge is 2.44. The molecule has 20 heavy (non-hydrogen) atoms. The lowest BCUT2D eigenvalue weighted by Crippen LogP contribution is -2.41. The first-order valence-corrected chi connectivity index (χ1v) is 7.63. The molecule has 1 saturated heterocycles. The van der Waals surface area contributed by atoms with Gasteiger partial charge in [0, 0.05) is 26.5 Å². The molecule has 3 rings (SSSR count). The van der Waals surface area contributed by atoms with Gasteiger partial charge >= 0.3 is 5.97 Å². The molecule has 1 N–H and O–H groups in total. The highest BCUT2D eigenvalue weighted by atomic mass is 16.5. The number of ether oxygens (including phenoxy) is 1. The zero-order chi connectivity index (χ0) is 14.3. The summed E-state index contributed by atoms with van der Waals surface area (Å²) in [6.07, 6.45) is 5.82. The Labute approximate surface area is 119 Å². The van der Waals surface area contributed by atoms with E-state index in [0.717, 1.165) is 12.3 Å². The van der Waals surface area contributed by atoms with Crippen molar-refractivity contribution in [1.29, 1.82) is 0 Å². The molecule has 1 heterocycles. The molecule has 1 amide bonds. The van der Waals surface area contributed by atoms with Gasteiger partial charge in [-0.25, -0.2) is 4.79 Å². The van der Waals surface area contributed by atoms with Crippen LogP contribution in [0.1, 0.15) is 38.5 Å². The van der Waals surface area contributed by atoms with Crippen LogP contribution in [0.4, 0.5) is 0 Å². The number of nitrogens with zero attached hydrogens (tertiary/aromatic N) is 1. The first-order valence-electron chi connectivity index (χ1n) is 7.63. The smallest absolute Gasteiger partial charge is 0.326 e. The molecule has 2 bridgehead atoms. The first-order chi connectivity index (χ1) is 9.58. The molecule has 0 spiro atoms. The third kappa shape index (κ3) is 2.43. The highest BCUT2D eigenvalue weighted by molar-refractivity contribution is 5.84. The van der Waals surface area contributed by atoms with Crippen LogP contribution in [0.5, 0.6) is 0 Å². The molecule has 2 saturated carbocycles. The van der Waals surface area contributed by atoms with E-state index in [1.165, 1.54) is 24.2 Å². The Morgan fingerprint density at radius 2 is 2.05 bits per heavy atom. The normalized spacial score (nSPS) is 39.5. The van der Waals surface area contributed by atoms with E-state index in [0.29, 0.717) is 31.2 Å². The van der Waals surface area contributed by atoms with E-state index in [2.05, 4.69) is 0 Å². The van der Waals surface area contributed by atoms with Gasteiger partial charge in [0.2, 0.25) is 5.91 Å². The summed E-state index contributed by atoms with van der Waals surface area (Å²) in [5, 5.41) is 9.26. The minimum absolute atomic E-state index is 0.00880. The number of rotatable bonds is 4. The van der Waals surface area contributed by atoms with Crippen LogP contribution in [0.3, 0.4) is 0 Å². The van der Waals surface area contributed by atoms with Crippen molar-refractivity contribution in [1.82, 2.24) is 4.90 Å². The van der Waals surface area contributed by atoms with Crippen LogP contribution in [0.15, 0.2) is 0 Å². The summed E-state index contributed by atoms with van der Waals surface area (Å²) in [5.74, 6) is 1.10. The lowest BCUT2D eigenvalue weighted by Gasteiger charge is -2.26. The summed E-state index contributed by atoms with van der Waals surface area (Å²) in [6.45, 7) is 0.424. The van der Waals surface area contributed by atoms with Gasteiger partial charge < -0.3 is 14.7 Å². The second kappa shape index (κ2) is 5.35. The summed E-state index contributed by atoms with van der Waals surface area (Å²) >= 11 is 0. The van der Waals surface area contributed by atoms with Gasteiger partial charge in [0.1, 0.15) is 6.04 Å². The van der Waals surface area contributed by atoms with Crippen molar-refractivity contribution in [2.24, 2.45) is 17.8 Å². The van der Waals surface area contributed by atoms with Gasteiger partial charge in [0.05, 0.1) is 6.10 Å². The quantitative estimate of drug-likeness (QED) is 0.848. The van der Waals surface area contributed by atoms with Crippen molar-refractivity contribution in [3.8, 4) is 0 Å². The Morgan fingerprint density at radius 3 is 2.60 bits per heavy atom. The maximum absolute atomic E-state index is 12.5. The van der Waals surface area contributed by atoms with Gasteiger partial charge in [-0.15, -0.1) is 0 Å². The van der Waals surface area contributed by atoms with Gasteiger partial charge in [-0.3, -0.25) is 4.79 Å². The molecule has 2 aliphatic carbocycles. The van der Waals surface area contributed by atoms with Crippen molar-refractivity contribution in [2.75, 3.05) is 13.7 Å². The van der Waals surface area contributed by atoms with Gasteiger partial charge in [0.25, 0.3) is 0 Å². The summed E-state index contributed by atoms with van der Waals surface area (Å²) in [4.78, 5) is 25.3. The second-order valence-corrected chi connectivity index (χ2v) is 6.63. The molecule has 5 atom stereocenters. The van der Waals surface area contributed by atoms with Crippen molar-refractivity contribution < 1.29 is 19.4 Å². The summed E-state index contributed by atoms with van der Waals surface area (Å²) in [5.41, 5.74) is 0. The number of carboxylic acids is 1. The molecule has 0 aromatic heterocycles. The van der Waals surface area contributed by atoms with Gasteiger partial charge in [0.15, 0.2) is 0 Å². The Bertz CT molecular complexity index is 411. The molecule has 5 unspecified atom stereocenters. The van der Waals surface area contributed by atoms with Crippen LogP contribution >= 0.6 is 0 Å². The highest BCUT2D eigenvalue weighted by Crippen LogP contribution is 2.49. The summed E-state index contributed by atoms with van der Waals surface area (Å²) < 4.78 is 5.23. The summed E-state index contributed by atoms with van der Waals surface area (Å²) in [6, 6.07) is -0.703. The number of carbonyl (C=O) groups is 2. The van der Waals surface area contributed by atoms with Crippen LogP contribution in [0.2, 0.25) is 0 Å². The third-order valence-electron chi connectivity index (χ3n) is 5.52. The average molecular weight is 281 g/mol. The lowest BCUT2D eigenvalue weighted by atomic mass is 9.86. The van der Waals surface area contributed by atoms with E-state index < -0.39 is 12.0 Å². The zero-order valence-corrected chi connectivity index (χ0v) is 12.0. The Kier molecular flexibility index (Phi) is 3.71. The SMILES string of the molecule is COC1CC(C(=O)O)N(C(=O)CC2CC3CCC2C3)C1. The van der Waals surface area contributed by atoms with Crippen LogP contribution in [-0.2, 0) is 14.3 Å². The van der Waals surface area contributed by atoms with Crippen molar-refractivity contribution in [3.63, 3.8) is 0 Å². The average Bonchev–Trinajstić information content (AvgIpc) is 3.12. The standard InChI is InChI=1S/C15H23NO4/c1-20-12-7-13(15(18)19)16(8-12)14(17)6-11-5-9-2-3-10(11)4-9/h9-13H,2-8H2,1H3,(H,18,19). The fourth-order valence-electron chi connectivity index (χ4n) is 4.45. The monoisotopic (exact) mass is 281 g/mol. The molecular formula is C15H23NO4. The molecule has 3 fully saturated rings. The molecule has 5 nitrogen and oxygen atoms in total. The molecule has 3 aliphatic rings. The Hall–Kier alpha value is -1.10. The van der Waals surface area contributed by atoms with Gasteiger partial charge in [-0.1, -0.05) is 6.42 Å². The largest absolute Gasteiger partial charge is 0.480 e. The zero-order valence-electron chi connectivity index (χ0n) is 12.0. The molecular weight excluding hydrogens is 258 g/mol. The topological polar surface area (TPSA) is 66.8 Å². The van der Waals surface area contributed by atoms with E-state index >= 15 is 0 Å². The number of amides is 1. The fourth-order valence-corrected chi connectivity index (χ4v) is 4.45. The predicted molar refractivity (Wildman–Crippen MR) is 72.1 cm³/mol. The van der Waals surface area contributed by atoms with E-state index in [1.807, 2.05) is 0 Å². The van der Waals surface area contributed by atoms with Crippen LogP contribution < -0.4 is 0 Å².